The average molecular weight is 428 g/mol. The molecule has 2 N–H and O–H groups in total. The molecule has 3 heterocycles. The SMILES string of the molecule is C[C@H]1CCCCN1c1cc(N2CCCC[C@@H]2C)c([N+](=O)[O-])cc1/C=N\Nc1nn[nH]n1. The molecule has 2 aliphatic rings. The van der Waals surface area contributed by atoms with Gasteiger partial charge in [-0.1, -0.05) is 5.10 Å². The maximum Gasteiger partial charge on any atom is 0.293 e. The number of piperidine rings is 2. The van der Waals surface area contributed by atoms with Crippen molar-refractivity contribution in [1.29, 1.82) is 0 Å². The third-order valence-electron chi connectivity index (χ3n) is 6.26. The molecule has 0 radical (unpaired) electrons. The minimum Gasteiger partial charge on any atom is -0.368 e. The molecular formula is C20H29N9O2. The van der Waals surface area contributed by atoms with Gasteiger partial charge < -0.3 is 9.80 Å². The number of H-pyrrole nitrogens is 1. The minimum absolute atomic E-state index is 0.114. The Bertz CT molecular complexity index is 931. The maximum atomic E-state index is 12.0. The highest BCUT2D eigenvalue weighted by Crippen LogP contribution is 2.39. The van der Waals surface area contributed by atoms with Crippen LogP contribution in [0.25, 0.3) is 0 Å². The third kappa shape index (κ3) is 4.59. The van der Waals surface area contributed by atoms with Crippen LogP contribution in [0.4, 0.5) is 23.0 Å². The second kappa shape index (κ2) is 9.27. The summed E-state index contributed by atoms with van der Waals surface area (Å²) in [4.78, 5) is 16.3. The van der Waals surface area contributed by atoms with E-state index in [2.05, 4.69) is 54.8 Å². The van der Waals surface area contributed by atoms with E-state index >= 15 is 0 Å². The van der Waals surface area contributed by atoms with E-state index in [1.54, 1.807) is 12.3 Å². The van der Waals surface area contributed by atoms with Crippen molar-refractivity contribution in [3.63, 3.8) is 0 Å². The zero-order valence-corrected chi connectivity index (χ0v) is 18.0. The third-order valence-corrected chi connectivity index (χ3v) is 6.26. The zero-order chi connectivity index (χ0) is 21.8. The first-order chi connectivity index (χ1) is 15.0. The number of benzene rings is 1. The van der Waals surface area contributed by atoms with E-state index in [0.717, 1.165) is 50.9 Å². The lowest BCUT2D eigenvalue weighted by molar-refractivity contribution is -0.384. The first kappa shape index (κ1) is 21.0. The van der Waals surface area contributed by atoms with Crippen LogP contribution in [-0.4, -0.2) is 56.9 Å². The number of nitrogens with one attached hydrogen (secondary N) is 2. The number of nitro benzene ring substituents is 1. The Balaban J connectivity index is 1.76. The molecule has 1 aromatic heterocycles. The highest BCUT2D eigenvalue weighted by Gasteiger charge is 2.30. The van der Waals surface area contributed by atoms with E-state index in [1.165, 1.54) is 6.42 Å². The monoisotopic (exact) mass is 427 g/mol. The molecule has 0 spiro atoms. The fourth-order valence-corrected chi connectivity index (χ4v) is 4.59. The minimum atomic E-state index is -0.288. The molecule has 2 aromatic rings. The van der Waals surface area contributed by atoms with Crippen LogP contribution >= 0.6 is 0 Å². The van der Waals surface area contributed by atoms with Crippen LogP contribution in [0, 0.1) is 10.1 Å². The first-order valence-corrected chi connectivity index (χ1v) is 10.9. The summed E-state index contributed by atoms with van der Waals surface area (Å²) in [5.41, 5.74) is 5.19. The molecule has 2 aliphatic heterocycles. The maximum absolute atomic E-state index is 12.0. The van der Waals surface area contributed by atoms with E-state index in [0.29, 0.717) is 17.3 Å². The van der Waals surface area contributed by atoms with Crippen molar-refractivity contribution in [2.24, 2.45) is 5.10 Å². The van der Waals surface area contributed by atoms with Crippen molar-refractivity contribution in [2.45, 2.75) is 64.5 Å². The van der Waals surface area contributed by atoms with Crippen molar-refractivity contribution in [3.8, 4) is 0 Å². The van der Waals surface area contributed by atoms with Gasteiger partial charge in [-0.2, -0.15) is 10.3 Å². The van der Waals surface area contributed by atoms with Crippen molar-refractivity contribution in [1.82, 2.24) is 20.6 Å². The van der Waals surface area contributed by atoms with Gasteiger partial charge in [0.1, 0.15) is 5.69 Å². The summed E-state index contributed by atoms with van der Waals surface area (Å²) in [7, 11) is 0. The molecule has 11 heteroatoms. The molecule has 0 aliphatic carbocycles. The summed E-state index contributed by atoms with van der Waals surface area (Å²) in [5.74, 6) is 0.234. The Labute approximate surface area is 181 Å². The number of aromatic amines is 1. The number of anilines is 3. The van der Waals surface area contributed by atoms with Crippen LogP contribution in [0.15, 0.2) is 17.2 Å². The molecule has 31 heavy (non-hydrogen) atoms. The highest BCUT2D eigenvalue weighted by molar-refractivity contribution is 5.92. The number of aromatic nitrogens is 4. The molecule has 0 amide bonds. The normalized spacial score (nSPS) is 22.1. The fraction of sp³-hybridized carbons (Fsp3) is 0.600. The number of tetrazole rings is 1. The van der Waals surface area contributed by atoms with Gasteiger partial charge in [-0.25, -0.2) is 5.43 Å². The lowest BCUT2D eigenvalue weighted by Crippen LogP contribution is -2.40. The Hall–Kier alpha value is -3.24. The molecule has 0 bridgehead atoms. The van der Waals surface area contributed by atoms with E-state index in [1.807, 2.05) is 6.07 Å². The van der Waals surface area contributed by atoms with Crippen molar-refractivity contribution < 1.29 is 4.92 Å². The van der Waals surface area contributed by atoms with Crippen LogP contribution in [0.1, 0.15) is 57.9 Å². The van der Waals surface area contributed by atoms with Crippen LogP contribution in [0.5, 0.6) is 0 Å². The Kier molecular flexibility index (Phi) is 6.28. The van der Waals surface area contributed by atoms with Crippen LogP contribution in [-0.2, 0) is 0 Å². The van der Waals surface area contributed by atoms with Gasteiger partial charge in [-0.3, -0.25) is 10.1 Å². The topological polar surface area (TPSA) is 128 Å². The van der Waals surface area contributed by atoms with Gasteiger partial charge in [0.2, 0.25) is 0 Å². The largest absolute Gasteiger partial charge is 0.368 e. The molecule has 0 saturated carbocycles. The first-order valence-electron chi connectivity index (χ1n) is 10.9. The van der Waals surface area contributed by atoms with E-state index in [9.17, 15) is 10.1 Å². The number of hydrogen-bond acceptors (Lipinski definition) is 9. The Morgan fingerprint density at radius 2 is 1.81 bits per heavy atom. The number of hydrogen-bond donors (Lipinski definition) is 2. The van der Waals surface area contributed by atoms with Gasteiger partial charge in [0.15, 0.2) is 0 Å². The van der Waals surface area contributed by atoms with E-state index in [4.69, 9.17) is 0 Å². The highest BCUT2D eigenvalue weighted by atomic mass is 16.6. The molecule has 2 atom stereocenters. The summed E-state index contributed by atoms with van der Waals surface area (Å²) in [6.45, 7) is 6.12. The van der Waals surface area contributed by atoms with Crippen molar-refractivity contribution in [3.05, 3.63) is 27.8 Å². The van der Waals surface area contributed by atoms with E-state index < -0.39 is 0 Å². The lowest BCUT2D eigenvalue weighted by Gasteiger charge is -2.39. The molecule has 11 nitrogen and oxygen atoms in total. The van der Waals surface area contributed by atoms with Gasteiger partial charge >= 0.3 is 0 Å². The molecule has 166 valence electrons. The summed E-state index contributed by atoms with van der Waals surface area (Å²) in [5, 5.41) is 29.6. The number of nitro groups is 1. The molecule has 4 rings (SSSR count). The van der Waals surface area contributed by atoms with Crippen LogP contribution in [0.2, 0.25) is 0 Å². The predicted octanol–water partition coefficient (Wildman–Crippen LogP) is 3.31. The summed E-state index contributed by atoms with van der Waals surface area (Å²) in [6, 6.07) is 4.28. The molecular weight excluding hydrogens is 398 g/mol. The second-order valence-electron chi connectivity index (χ2n) is 8.34. The molecule has 2 saturated heterocycles. The molecule has 1 aromatic carbocycles. The molecule has 2 fully saturated rings. The van der Waals surface area contributed by atoms with Gasteiger partial charge in [-0.15, -0.1) is 5.10 Å². The fourth-order valence-electron chi connectivity index (χ4n) is 4.59. The Morgan fingerprint density at radius 1 is 1.13 bits per heavy atom. The number of hydrazone groups is 1. The standard InChI is InChI=1S/C20H29N9O2/c1-14-7-3-5-9-27(14)17-12-18(28-10-6-4-8-15(28)2)19(29(30)31)11-16(17)13-21-22-20-23-25-26-24-20/h11-15H,3-10H2,1-2H3,(H2,22,23,24,25,26)/b21-13-/t14-,15-/m0/s1. The molecule has 0 unspecified atom stereocenters. The Morgan fingerprint density at radius 3 is 2.39 bits per heavy atom. The van der Waals surface area contributed by atoms with Gasteiger partial charge in [-0.05, 0) is 63.7 Å². The van der Waals surface area contributed by atoms with Gasteiger partial charge in [0.25, 0.3) is 11.6 Å². The predicted molar refractivity (Wildman–Crippen MR) is 120 cm³/mol. The summed E-state index contributed by atoms with van der Waals surface area (Å²) < 4.78 is 0. The number of rotatable bonds is 6. The number of nitrogens with zero attached hydrogens (tertiary/aromatic N) is 7. The quantitative estimate of drug-likeness (QED) is 0.408. The van der Waals surface area contributed by atoms with Gasteiger partial charge in [0, 0.05) is 42.5 Å². The van der Waals surface area contributed by atoms with Gasteiger partial charge in [0.05, 0.1) is 11.1 Å². The van der Waals surface area contributed by atoms with E-state index in [-0.39, 0.29) is 22.6 Å². The van der Waals surface area contributed by atoms with Crippen LogP contribution in [0.3, 0.4) is 0 Å². The summed E-state index contributed by atoms with van der Waals surface area (Å²) >= 11 is 0. The van der Waals surface area contributed by atoms with Crippen molar-refractivity contribution in [2.75, 3.05) is 28.3 Å². The second-order valence-corrected chi connectivity index (χ2v) is 8.34. The van der Waals surface area contributed by atoms with Crippen LogP contribution < -0.4 is 15.2 Å². The smallest absolute Gasteiger partial charge is 0.293 e. The summed E-state index contributed by atoms with van der Waals surface area (Å²) in [6.07, 6.45) is 8.26. The average Bonchev–Trinajstić information content (AvgIpc) is 3.28. The lowest BCUT2D eigenvalue weighted by atomic mass is 9.98. The van der Waals surface area contributed by atoms with Crippen molar-refractivity contribution >= 4 is 29.2 Å². The zero-order valence-electron chi connectivity index (χ0n) is 18.0.